The van der Waals surface area contributed by atoms with Gasteiger partial charge in [0.1, 0.15) is 6.54 Å². The molecule has 5 heteroatoms. The molecule has 0 aliphatic heterocycles. The van der Waals surface area contributed by atoms with Crippen LogP contribution >= 0.6 is 11.3 Å². The third-order valence-corrected chi connectivity index (χ3v) is 2.89. The van der Waals surface area contributed by atoms with Crippen molar-refractivity contribution < 1.29 is 14.3 Å². The fraction of sp³-hybridized carbons (Fsp3) is 0.400. The molecule has 0 N–H and O–H groups in total. The average Bonchev–Trinajstić information content (AvgIpc) is 2.63. The predicted molar refractivity (Wildman–Crippen MR) is 58.0 cm³/mol. The molecule has 4 nitrogen and oxygen atoms in total. The first-order chi connectivity index (χ1) is 7.06. The molecule has 0 fully saturated rings. The zero-order valence-electron chi connectivity index (χ0n) is 8.94. The molecule has 0 saturated carbocycles. The van der Waals surface area contributed by atoms with Crippen molar-refractivity contribution in [3.8, 4) is 0 Å². The van der Waals surface area contributed by atoms with Crippen LogP contribution in [0.5, 0.6) is 0 Å². The van der Waals surface area contributed by atoms with Crippen LogP contribution in [0.2, 0.25) is 0 Å². The molecule has 1 heterocycles. The lowest BCUT2D eigenvalue weighted by atomic mass is 10.2. The van der Waals surface area contributed by atoms with E-state index in [9.17, 15) is 9.59 Å². The fourth-order valence-corrected chi connectivity index (χ4v) is 1.94. The number of amides is 1. The number of methoxy groups -OCH3 is 1. The van der Waals surface area contributed by atoms with Gasteiger partial charge in [0.25, 0.3) is 5.91 Å². The van der Waals surface area contributed by atoms with Crippen LogP contribution in [-0.2, 0) is 9.53 Å². The van der Waals surface area contributed by atoms with Crippen molar-refractivity contribution in [1.82, 2.24) is 4.90 Å². The maximum Gasteiger partial charge on any atom is 0.325 e. The normalized spacial score (nSPS) is 9.80. The standard InChI is InChI=1S/C10H13NO3S/c1-7-5-15-6-8(7)10(13)11(2)4-9(12)14-3/h5-6H,4H2,1-3H3. The molecule has 0 aliphatic rings. The number of carbonyl (C=O) groups excluding carboxylic acids is 2. The van der Waals surface area contributed by atoms with Gasteiger partial charge in [-0.3, -0.25) is 9.59 Å². The molecule has 1 amide bonds. The Morgan fingerprint density at radius 3 is 2.60 bits per heavy atom. The molecule has 0 saturated heterocycles. The Morgan fingerprint density at radius 1 is 1.47 bits per heavy atom. The average molecular weight is 227 g/mol. The largest absolute Gasteiger partial charge is 0.468 e. The van der Waals surface area contributed by atoms with E-state index in [0.717, 1.165) is 5.56 Å². The summed E-state index contributed by atoms with van der Waals surface area (Å²) in [6.07, 6.45) is 0. The van der Waals surface area contributed by atoms with Crippen molar-refractivity contribution in [3.05, 3.63) is 21.9 Å². The van der Waals surface area contributed by atoms with E-state index in [-0.39, 0.29) is 12.5 Å². The first-order valence-corrected chi connectivity index (χ1v) is 5.35. The molecule has 0 spiro atoms. The van der Waals surface area contributed by atoms with Gasteiger partial charge in [0.05, 0.1) is 12.7 Å². The number of thiophene rings is 1. The molecule has 0 aliphatic carbocycles. The minimum Gasteiger partial charge on any atom is -0.468 e. The van der Waals surface area contributed by atoms with E-state index in [1.807, 2.05) is 12.3 Å². The molecule has 0 atom stereocenters. The van der Waals surface area contributed by atoms with Gasteiger partial charge in [0, 0.05) is 12.4 Å². The summed E-state index contributed by atoms with van der Waals surface area (Å²) in [5.41, 5.74) is 1.58. The van der Waals surface area contributed by atoms with Crippen molar-refractivity contribution in [1.29, 1.82) is 0 Å². The molecule has 0 aromatic carbocycles. The zero-order valence-corrected chi connectivity index (χ0v) is 9.76. The zero-order chi connectivity index (χ0) is 11.4. The van der Waals surface area contributed by atoms with E-state index in [4.69, 9.17) is 0 Å². The van der Waals surface area contributed by atoms with Crippen LogP contribution in [0.3, 0.4) is 0 Å². The molecule has 1 aromatic heterocycles. The Balaban J connectivity index is 2.69. The summed E-state index contributed by atoms with van der Waals surface area (Å²) in [4.78, 5) is 24.1. The smallest absolute Gasteiger partial charge is 0.325 e. The van der Waals surface area contributed by atoms with E-state index in [0.29, 0.717) is 5.56 Å². The van der Waals surface area contributed by atoms with Gasteiger partial charge in [-0.15, -0.1) is 0 Å². The highest BCUT2D eigenvalue weighted by Gasteiger charge is 2.17. The van der Waals surface area contributed by atoms with E-state index < -0.39 is 5.97 Å². The summed E-state index contributed by atoms with van der Waals surface area (Å²) in [5.74, 6) is -0.571. The first-order valence-electron chi connectivity index (χ1n) is 4.41. The Labute approximate surface area is 92.5 Å². The molecule has 0 radical (unpaired) electrons. The summed E-state index contributed by atoms with van der Waals surface area (Å²) in [6.45, 7) is 1.85. The molecule has 15 heavy (non-hydrogen) atoms. The summed E-state index contributed by atoms with van der Waals surface area (Å²) in [7, 11) is 2.88. The highest BCUT2D eigenvalue weighted by atomic mass is 32.1. The third kappa shape index (κ3) is 2.79. The number of hydrogen-bond donors (Lipinski definition) is 0. The second kappa shape index (κ2) is 4.93. The molecule has 1 rings (SSSR count). The monoisotopic (exact) mass is 227 g/mol. The van der Waals surface area contributed by atoms with E-state index in [1.165, 1.54) is 23.3 Å². The van der Waals surface area contributed by atoms with Crippen molar-refractivity contribution in [2.75, 3.05) is 20.7 Å². The Bertz CT molecular complexity index is 372. The van der Waals surface area contributed by atoms with Crippen LogP contribution in [0.25, 0.3) is 0 Å². The van der Waals surface area contributed by atoms with Crippen LogP contribution in [0, 0.1) is 6.92 Å². The molecule has 0 bridgehead atoms. The van der Waals surface area contributed by atoms with Gasteiger partial charge >= 0.3 is 5.97 Å². The minimum absolute atomic E-state index is 0.0232. The van der Waals surface area contributed by atoms with Crippen molar-refractivity contribution in [2.24, 2.45) is 0 Å². The van der Waals surface area contributed by atoms with E-state index in [2.05, 4.69) is 4.74 Å². The summed E-state index contributed by atoms with van der Waals surface area (Å²) in [6, 6.07) is 0. The summed E-state index contributed by atoms with van der Waals surface area (Å²) < 4.78 is 4.49. The first kappa shape index (κ1) is 11.7. The highest BCUT2D eigenvalue weighted by Crippen LogP contribution is 2.15. The second-order valence-electron chi connectivity index (χ2n) is 3.21. The number of carbonyl (C=O) groups is 2. The Hall–Kier alpha value is -1.36. The number of hydrogen-bond acceptors (Lipinski definition) is 4. The van der Waals surface area contributed by atoms with Gasteiger partial charge in [-0.25, -0.2) is 0 Å². The van der Waals surface area contributed by atoms with Gasteiger partial charge in [0.15, 0.2) is 0 Å². The summed E-state index contributed by atoms with van der Waals surface area (Å²) >= 11 is 1.47. The number of nitrogens with zero attached hydrogens (tertiary/aromatic N) is 1. The quantitative estimate of drug-likeness (QED) is 0.731. The van der Waals surface area contributed by atoms with Crippen molar-refractivity contribution >= 4 is 23.2 Å². The predicted octanol–water partition coefficient (Wildman–Crippen LogP) is 1.30. The van der Waals surface area contributed by atoms with Gasteiger partial charge in [-0.1, -0.05) is 0 Å². The van der Waals surface area contributed by atoms with Crippen molar-refractivity contribution in [2.45, 2.75) is 6.92 Å². The number of esters is 1. The van der Waals surface area contributed by atoms with Crippen LogP contribution in [-0.4, -0.2) is 37.5 Å². The maximum absolute atomic E-state index is 11.8. The van der Waals surface area contributed by atoms with Gasteiger partial charge in [0.2, 0.25) is 0 Å². The van der Waals surface area contributed by atoms with Crippen LogP contribution in [0.15, 0.2) is 10.8 Å². The van der Waals surface area contributed by atoms with Gasteiger partial charge in [-0.2, -0.15) is 11.3 Å². The van der Waals surface area contributed by atoms with Crippen LogP contribution in [0.1, 0.15) is 15.9 Å². The Kier molecular flexibility index (Phi) is 3.85. The molecule has 1 aromatic rings. The SMILES string of the molecule is COC(=O)CN(C)C(=O)c1cscc1C. The number of aryl methyl sites for hydroxylation is 1. The number of ether oxygens (including phenoxy) is 1. The lowest BCUT2D eigenvalue weighted by molar-refractivity contribution is -0.141. The van der Waals surface area contributed by atoms with E-state index >= 15 is 0 Å². The third-order valence-electron chi connectivity index (χ3n) is 2.03. The lowest BCUT2D eigenvalue weighted by Crippen LogP contribution is -2.32. The number of rotatable bonds is 3. The number of likely N-dealkylation sites (N-methyl/N-ethyl adjacent to an activating group) is 1. The molecular formula is C10H13NO3S. The van der Waals surface area contributed by atoms with E-state index in [1.54, 1.807) is 12.4 Å². The Morgan fingerprint density at radius 2 is 2.13 bits per heavy atom. The molecule has 0 unspecified atom stereocenters. The van der Waals surface area contributed by atoms with Crippen LogP contribution in [0.4, 0.5) is 0 Å². The van der Waals surface area contributed by atoms with Gasteiger partial charge in [-0.05, 0) is 17.9 Å². The highest BCUT2D eigenvalue weighted by molar-refractivity contribution is 7.08. The second-order valence-corrected chi connectivity index (χ2v) is 3.95. The molecular weight excluding hydrogens is 214 g/mol. The van der Waals surface area contributed by atoms with Crippen LogP contribution < -0.4 is 0 Å². The van der Waals surface area contributed by atoms with Crippen molar-refractivity contribution in [3.63, 3.8) is 0 Å². The topological polar surface area (TPSA) is 46.6 Å². The fourth-order valence-electron chi connectivity index (χ4n) is 1.12. The summed E-state index contributed by atoms with van der Waals surface area (Å²) in [5, 5.41) is 3.69. The minimum atomic E-state index is -0.418. The lowest BCUT2D eigenvalue weighted by Gasteiger charge is -2.15. The van der Waals surface area contributed by atoms with Gasteiger partial charge < -0.3 is 9.64 Å². The molecule has 82 valence electrons. The maximum atomic E-state index is 11.8.